The highest BCUT2D eigenvalue weighted by Crippen LogP contribution is 2.19. The number of carbonyl (C=O) groups is 1. The van der Waals surface area contributed by atoms with Gasteiger partial charge in [-0.2, -0.15) is 0 Å². The van der Waals surface area contributed by atoms with Gasteiger partial charge in [0.2, 0.25) is 0 Å². The number of aromatic nitrogens is 2. The molecule has 0 aliphatic rings. The highest BCUT2D eigenvalue weighted by Gasteiger charge is 2.06. The van der Waals surface area contributed by atoms with E-state index in [0.29, 0.717) is 33.5 Å². The zero-order valence-electron chi connectivity index (χ0n) is 16.6. The quantitative estimate of drug-likeness (QED) is 0.469. The van der Waals surface area contributed by atoms with Crippen LogP contribution in [0.2, 0.25) is 5.02 Å². The molecule has 4 aromatic rings. The summed E-state index contributed by atoms with van der Waals surface area (Å²) in [5, 5.41) is 6.07. The number of aryl methyl sites for hydroxylation is 1. The van der Waals surface area contributed by atoms with E-state index in [1.807, 2.05) is 13.0 Å². The number of fused-ring (bicyclic) bond motifs is 1. The number of amides is 2. The number of hydrogen-bond donors (Lipinski definition) is 2. The van der Waals surface area contributed by atoms with E-state index in [4.69, 9.17) is 16.3 Å². The molecule has 0 aliphatic carbocycles. The van der Waals surface area contributed by atoms with E-state index in [0.717, 1.165) is 5.56 Å². The lowest BCUT2D eigenvalue weighted by Crippen LogP contribution is -2.19. The Morgan fingerprint density at radius 2 is 1.81 bits per heavy atom. The maximum absolute atomic E-state index is 12.3. The predicted molar refractivity (Wildman–Crippen MR) is 121 cm³/mol. The normalized spacial score (nSPS) is 10.6. The summed E-state index contributed by atoms with van der Waals surface area (Å²) < 4.78 is 7.28. The summed E-state index contributed by atoms with van der Waals surface area (Å²) in [7, 11) is 0. The molecule has 0 unspecified atom stereocenters. The number of anilines is 2. The fourth-order valence-corrected chi connectivity index (χ4v) is 3.11. The van der Waals surface area contributed by atoms with Crippen LogP contribution >= 0.6 is 11.6 Å². The van der Waals surface area contributed by atoms with Gasteiger partial charge in [-0.3, -0.25) is 9.20 Å². The summed E-state index contributed by atoms with van der Waals surface area (Å²) in [4.78, 5) is 29.0. The van der Waals surface area contributed by atoms with Crippen molar-refractivity contribution in [3.05, 3.63) is 99.6 Å². The third kappa shape index (κ3) is 5.21. The largest absolute Gasteiger partial charge is 0.487 e. The molecular weight excluding hydrogens is 416 g/mol. The van der Waals surface area contributed by atoms with Crippen LogP contribution in [0, 0.1) is 6.92 Å². The summed E-state index contributed by atoms with van der Waals surface area (Å²) >= 11 is 5.85. The van der Waals surface area contributed by atoms with Crippen molar-refractivity contribution in [2.45, 2.75) is 13.5 Å². The zero-order valence-corrected chi connectivity index (χ0v) is 17.4. The van der Waals surface area contributed by atoms with E-state index >= 15 is 0 Å². The number of ether oxygens (including phenoxy) is 1. The van der Waals surface area contributed by atoms with Gasteiger partial charge in [0.1, 0.15) is 18.0 Å². The van der Waals surface area contributed by atoms with Crippen LogP contribution < -0.4 is 20.9 Å². The predicted octanol–water partition coefficient (Wildman–Crippen LogP) is 4.88. The molecular formula is C23H19ClN4O3. The van der Waals surface area contributed by atoms with Crippen molar-refractivity contribution in [1.29, 1.82) is 0 Å². The highest BCUT2D eigenvalue weighted by atomic mass is 35.5. The van der Waals surface area contributed by atoms with Crippen molar-refractivity contribution >= 4 is 34.7 Å². The SMILES string of the molecule is Cc1ccc2nc(COc3cccc(NC(=O)Nc4ccc(Cl)cc4)c3)cc(=O)n2c1. The summed E-state index contributed by atoms with van der Waals surface area (Å²) in [6.07, 6.45) is 1.75. The Bertz CT molecular complexity index is 1300. The molecule has 0 atom stereocenters. The standard InChI is InChI=1S/C23H19ClN4O3/c1-15-5-10-21-25-19(12-22(29)28(21)13-15)14-31-20-4-2-3-18(11-20)27-23(30)26-17-8-6-16(24)7-9-17/h2-13H,14H2,1H3,(H2,26,27,30). The molecule has 0 aliphatic heterocycles. The van der Waals surface area contributed by atoms with E-state index in [1.54, 1.807) is 60.8 Å². The topological polar surface area (TPSA) is 84.7 Å². The van der Waals surface area contributed by atoms with Crippen LogP contribution in [0.1, 0.15) is 11.3 Å². The van der Waals surface area contributed by atoms with Crippen LogP contribution in [0.3, 0.4) is 0 Å². The number of rotatable bonds is 5. The van der Waals surface area contributed by atoms with E-state index in [2.05, 4.69) is 15.6 Å². The van der Waals surface area contributed by atoms with Gasteiger partial charge in [-0.15, -0.1) is 0 Å². The minimum absolute atomic E-state index is 0.125. The van der Waals surface area contributed by atoms with Crippen molar-refractivity contribution in [3.8, 4) is 5.75 Å². The van der Waals surface area contributed by atoms with Crippen LogP contribution in [0.5, 0.6) is 5.75 Å². The lowest BCUT2D eigenvalue weighted by Gasteiger charge is -2.10. The van der Waals surface area contributed by atoms with Crippen LogP contribution in [0.15, 0.2) is 77.7 Å². The van der Waals surface area contributed by atoms with Gasteiger partial charge in [0.25, 0.3) is 5.56 Å². The number of hydrogen-bond acceptors (Lipinski definition) is 4. The molecule has 2 amide bonds. The van der Waals surface area contributed by atoms with E-state index < -0.39 is 0 Å². The number of pyridine rings is 1. The van der Waals surface area contributed by atoms with Gasteiger partial charge >= 0.3 is 6.03 Å². The molecule has 31 heavy (non-hydrogen) atoms. The monoisotopic (exact) mass is 434 g/mol. The zero-order chi connectivity index (χ0) is 21.8. The van der Waals surface area contributed by atoms with Crippen LogP contribution in [0.25, 0.3) is 5.65 Å². The number of benzene rings is 2. The van der Waals surface area contributed by atoms with Gasteiger partial charge < -0.3 is 15.4 Å². The fraction of sp³-hybridized carbons (Fsp3) is 0.0870. The number of carbonyl (C=O) groups excluding carboxylic acids is 1. The highest BCUT2D eigenvalue weighted by molar-refractivity contribution is 6.30. The van der Waals surface area contributed by atoms with E-state index in [9.17, 15) is 9.59 Å². The maximum Gasteiger partial charge on any atom is 0.323 e. The van der Waals surface area contributed by atoms with Crippen molar-refractivity contribution in [3.63, 3.8) is 0 Å². The first-order chi connectivity index (χ1) is 15.0. The van der Waals surface area contributed by atoms with Crippen LogP contribution in [-0.2, 0) is 6.61 Å². The Kier molecular flexibility index (Phi) is 5.86. The second-order valence-corrected chi connectivity index (χ2v) is 7.36. The van der Waals surface area contributed by atoms with Gasteiger partial charge in [0, 0.05) is 34.7 Å². The molecule has 0 saturated heterocycles. The molecule has 0 bridgehead atoms. The number of urea groups is 1. The molecule has 156 valence electrons. The molecule has 0 fully saturated rings. The van der Waals surface area contributed by atoms with Crippen molar-refractivity contribution in [2.75, 3.05) is 10.6 Å². The Hall–Kier alpha value is -3.84. The first-order valence-electron chi connectivity index (χ1n) is 9.52. The molecule has 0 spiro atoms. The molecule has 7 nitrogen and oxygen atoms in total. The van der Waals surface area contributed by atoms with Crippen molar-refractivity contribution in [1.82, 2.24) is 9.38 Å². The molecule has 2 aromatic heterocycles. The van der Waals surface area contributed by atoms with Crippen molar-refractivity contribution < 1.29 is 9.53 Å². The van der Waals surface area contributed by atoms with Gasteiger partial charge in [-0.25, -0.2) is 9.78 Å². The second-order valence-electron chi connectivity index (χ2n) is 6.92. The van der Waals surface area contributed by atoms with E-state index in [-0.39, 0.29) is 18.2 Å². The summed E-state index contributed by atoms with van der Waals surface area (Å²) in [6.45, 7) is 2.04. The molecule has 4 rings (SSSR count). The third-order valence-corrected chi connectivity index (χ3v) is 4.69. The molecule has 8 heteroatoms. The average Bonchev–Trinajstić information content (AvgIpc) is 2.75. The average molecular weight is 435 g/mol. The smallest absolute Gasteiger partial charge is 0.323 e. The Morgan fingerprint density at radius 3 is 2.61 bits per heavy atom. The molecule has 0 radical (unpaired) electrons. The first-order valence-corrected chi connectivity index (χ1v) is 9.89. The Labute approximate surface area is 183 Å². The Balaban J connectivity index is 1.41. The molecule has 2 aromatic carbocycles. The second kappa shape index (κ2) is 8.89. The van der Waals surface area contributed by atoms with E-state index in [1.165, 1.54) is 10.5 Å². The maximum atomic E-state index is 12.3. The minimum Gasteiger partial charge on any atom is -0.487 e. The van der Waals surface area contributed by atoms with Gasteiger partial charge in [-0.1, -0.05) is 23.7 Å². The number of halogens is 1. The third-order valence-electron chi connectivity index (χ3n) is 4.44. The first kappa shape index (κ1) is 20.4. The summed E-state index contributed by atoms with van der Waals surface area (Å²) in [5.41, 5.74) is 3.08. The summed E-state index contributed by atoms with van der Waals surface area (Å²) in [6, 6.07) is 18.5. The van der Waals surface area contributed by atoms with Crippen LogP contribution in [0.4, 0.5) is 16.2 Å². The lowest BCUT2D eigenvalue weighted by atomic mass is 10.3. The van der Waals surface area contributed by atoms with Crippen LogP contribution in [-0.4, -0.2) is 15.4 Å². The number of nitrogens with zero attached hydrogens (tertiary/aromatic N) is 2. The summed E-state index contributed by atoms with van der Waals surface area (Å²) in [5.74, 6) is 0.537. The lowest BCUT2D eigenvalue weighted by molar-refractivity contribution is 0.262. The number of nitrogens with one attached hydrogen (secondary N) is 2. The molecule has 0 saturated carbocycles. The van der Waals surface area contributed by atoms with Gasteiger partial charge in [-0.05, 0) is 55.0 Å². The fourth-order valence-electron chi connectivity index (χ4n) is 2.98. The minimum atomic E-state index is -0.390. The van der Waals surface area contributed by atoms with Gasteiger partial charge in [0.05, 0.1) is 5.69 Å². The molecule has 2 heterocycles. The van der Waals surface area contributed by atoms with Crippen molar-refractivity contribution in [2.24, 2.45) is 0 Å². The molecule has 2 N–H and O–H groups in total. The Morgan fingerprint density at radius 1 is 1.03 bits per heavy atom. The van der Waals surface area contributed by atoms with Gasteiger partial charge in [0.15, 0.2) is 0 Å².